The summed E-state index contributed by atoms with van der Waals surface area (Å²) >= 11 is 0. The molecule has 0 aromatic heterocycles. The maximum atomic E-state index is 11.8. The van der Waals surface area contributed by atoms with Crippen LogP contribution in [0, 0.1) is 0 Å². The number of aliphatic hydroxyl groups excluding tert-OH is 2. The Balaban J connectivity index is 3.06. The molecule has 0 saturated heterocycles. The Morgan fingerprint density at radius 2 is 1.94 bits per heavy atom. The van der Waals surface area contributed by atoms with E-state index in [4.69, 9.17) is 15.9 Å². The Morgan fingerprint density at radius 3 is 2.53 bits per heavy atom. The number of benzene rings is 1. The van der Waals surface area contributed by atoms with Crippen LogP contribution in [0.15, 0.2) is 23.1 Å². The van der Waals surface area contributed by atoms with Gasteiger partial charge in [0.15, 0.2) is 9.84 Å². The van der Waals surface area contributed by atoms with Crippen molar-refractivity contribution in [2.24, 2.45) is 0 Å². The van der Waals surface area contributed by atoms with Crippen molar-refractivity contribution in [3.05, 3.63) is 18.2 Å². The molecule has 0 fully saturated rings. The average molecular weight is 260 g/mol. The third-order valence-electron chi connectivity index (χ3n) is 2.15. The van der Waals surface area contributed by atoms with Crippen molar-refractivity contribution >= 4 is 21.2 Å². The summed E-state index contributed by atoms with van der Waals surface area (Å²) in [5, 5.41) is 20.2. The van der Waals surface area contributed by atoms with Crippen LogP contribution in [-0.4, -0.2) is 44.1 Å². The molecule has 0 spiro atoms. The van der Waals surface area contributed by atoms with Crippen LogP contribution in [0.3, 0.4) is 0 Å². The molecule has 1 rings (SSSR count). The molecule has 6 nitrogen and oxygen atoms in total. The summed E-state index contributed by atoms with van der Waals surface area (Å²) in [5.41, 5.74) is 6.30. The Hall–Kier alpha value is -1.31. The SMILES string of the molecule is Nc1ccc(NCCO)cc1S(=O)(=O)CCO. The molecule has 0 aliphatic heterocycles. The van der Waals surface area contributed by atoms with Crippen molar-refractivity contribution in [2.45, 2.75) is 4.90 Å². The van der Waals surface area contributed by atoms with Gasteiger partial charge in [0, 0.05) is 12.2 Å². The van der Waals surface area contributed by atoms with Crippen molar-refractivity contribution < 1.29 is 18.6 Å². The number of aliphatic hydroxyl groups is 2. The number of anilines is 2. The van der Waals surface area contributed by atoms with Gasteiger partial charge in [-0.15, -0.1) is 0 Å². The van der Waals surface area contributed by atoms with E-state index in [9.17, 15) is 8.42 Å². The van der Waals surface area contributed by atoms with E-state index in [1.54, 1.807) is 6.07 Å². The first-order valence-corrected chi connectivity index (χ1v) is 6.74. The lowest BCUT2D eigenvalue weighted by Crippen LogP contribution is -2.13. The smallest absolute Gasteiger partial charge is 0.182 e. The number of hydrogen-bond acceptors (Lipinski definition) is 6. The van der Waals surface area contributed by atoms with Crippen LogP contribution in [-0.2, 0) is 9.84 Å². The van der Waals surface area contributed by atoms with Crippen LogP contribution >= 0.6 is 0 Å². The Morgan fingerprint density at radius 1 is 1.24 bits per heavy atom. The number of nitrogens with one attached hydrogen (secondary N) is 1. The molecule has 0 aliphatic rings. The molecule has 0 saturated carbocycles. The predicted molar refractivity (Wildman–Crippen MR) is 65.6 cm³/mol. The van der Waals surface area contributed by atoms with Gasteiger partial charge in [0.2, 0.25) is 0 Å². The molecule has 17 heavy (non-hydrogen) atoms. The van der Waals surface area contributed by atoms with Gasteiger partial charge in [0.1, 0.15) is 0 Å². The summed E-state index contributed by atoms with van der Waals surface area (Å²) in [5.74, 6) is -0.360. The van der Waals surface area contributed by atoms with E-state index in [2.05, 4.69) is 5.32 Å². The Labute approximate surface area is 100.0 Å². The zero-order chi connectivity index (χ0) is 12.9. The number of nitrogen functional groups attached to an aromatic ring is 1. The second-order valence-corrected chi connectivity index (χ2v) is 5.52. The summed E-state index contributed by atoms with van der Waals surface area (Å²) in [6.45, 7) is -0.178. The second kappa shape index (κ2) is 5.85. The topological polar surface area (TPSA) is 113 Å². The van der Waals surface area contributed by atoms with Crippen molar-refractivity contribution in [3.8, 4) is 0 Å². The van der Waals surface area contributed by atoms with Gasteiger partial charge in [0.25, 0.3) is 0 Å². The minimum Gasteiger partial charge on any atom is -0.398 e. The lowest BCUT2D eigenvalue weighted by molar-refractivity contribution is 0.311. The lowest BCUT2D eigenvalue weighted by atomic mass is 10.3. The molecule has 7 heteroatoms. The summed E-state index contributed by atoms with van der Waals surface area (Å²) in [4.78, 5) is -0.00510. The molecule has 0 heterocycles. The highest BCUT2D eigenvalue weighted by atomic mass is 32.2. The molecule has 0 unspecified atom stereocenters. The van der Waals surface area contributed by atoms with Crippen LogP contribution in [0.1, 0.15) is 0 Å². The second-order valence-electron chi connectivity index (χ2n) is 3.45. The van der Waals surface area contributed by atoms with E-state index >= 15 is 0 Å². The highest BCUT2D eigenvalue weighted by Crippen LogP contribution is 2.23. The third-order valence-corrected chi connectivity index (χ3v) is 3.89. The first kappa shape index (κ1) is 13.8. The molecule has 0 bridgehead atoms. The summed E-state index contributed by atoms with van der Waals surface area (Å²) in [6, 6.07) is 4.50. The van der Waals surface area contributed by atoms with Gasteiger partial charge in [-0.05, 0) is 18.2 Å². The average Bonchev–Trinajstić information content (AvgIpc) is 2.27. The van der Waals surface area contributed by atoms with E-state index in [0.29, 0.717) is 12.2 Å². The maximum absolute atomic E-state index is 11.8. The number of hydrogen-bond donors (Lipinski definition) is 4. The van der Waals surface area contributed by atoms with Crippen LogP contribution in [0.25, 0.3) is 0 Å². The minimum atomic E-state index is -3.57. The number of sulfone groups is 1. The van der Waals surface area contributed by atoms with Gasteiger partial charge in [0.05, 0.1) is 29.5 Å². The third kappa shape index (κ3) is 3.58. The van der Waals surface area contributed by atoms with E-state index in [-0.39, 0.29) is 22.9 Å². The van der Waals surface area contributed by atoms with Crippen LogP contribution in [0.4, 0.5) is 11.4 Å². The van der Waals surface area contributed by atoms with Gasteiger partial charge in [-0.2, -0.15) is 0 Å². The zero-order valence-corrected chi connectivity index (χ0v) is 10.1. The van der Waals surface area contributed by atoms with Gasteiger partial charge in [-0.3, -0.25) is 0 Å². The van der Waals surface area contributed by atoms with E-state index in [0.717, 1.165) is 0 Å². The molecule has 0 radical (unpaired) electrons. The first-order valence-electron chi connectivity index (χ1n) is 5.09. The quantitative estimate of drug-likeness (QED) is 0.510. The van der Waals surface area contributed by atoms with Crippen molar-refractivity contribution in [2.75, 3.05) is 36.6 Å². The van der Waals surface area contributed by atoms with Gasteiger partial charge < -0.3 is 21.3 Å². The minimum absolute atomic E-state index is 0.00510. The summed E-state index contributed by atoms with van der Waals surface area (Å²) in [7, 11) is -3.57. The molecule has 1 aromatic carbocycles. The van der Waals surface area contributed by atoms with Crippen molar-refractivity contribution in [1.82, 2.24) is 0 Å². The fourth-order valence-corrected chi connectivity index (χ4v) is 2.54. The maximum Gasteiger partial charge on any atom is 0.182 e. The largest absolute Gasteiger partial charge is 0.398 e. The standard InChI is InChI=1S/C10H16N2O4S/c11-9-2-1-8(12-3-4-13)7-10(9)17(15,16)6-5-14/h1-2,7,12-14H,3-6,11H2. The number of rotatable bonds is 6. The van der Waals surface area contributed by atoms with E-state index in [1.807, 2.05) is 0 Å². The highest BCUT2D eigenvalue weighted by molar-refractivity contribution is 7.91. The fourth-order valence-electron chi connectivity index (χ4n) is 1.34. The number of nitrogens with two attached hydrogens (primary N) is 1. The molecule has 1 aromatic rings. The van der Waals surface area contributed by atoms with E-state index < -0.39 is 16.4 Å². The van der Waals surface area contributed by atoms with Crippen molar-refractivity contribution in [1.29, 1.82) is 0 Å². The molecular formula is C10H16N2O4S. The van der Waals surface area contributed by atoms with E-state index in [1.165, 1.54) is 12.1 Å². The summed E-state index contributed by atoms with van der Waals surface area (Å²) < 4.78 is 23.5. The first-order chi connectivity index (χ1) is 8.01. The van der Waals surface area contributed by atoms with Gasteiger partial charge >= 0.3 is 0 Å². The highest BCUT2D eigenvalue weighted by Gasteiger charge is 2.17. The summed E-state index contributed by atoms with van der Waals surface area (Å²) in [6.07, 6.45) is 0. The monoisotopic (exact) mass is 260 g/mol. The van der Waals surface area contributed by atoms with Crippen LogP contribution < -0.4 is 11.1 Å². The molecule has 96 valence electrons. The molecule has 0 amide bonds. The molecular weight excluding hydrogens is 244 g/mol. The zero-order valence-electron chi connectivity index (χ0n) is 9.26. The fraction of sp³-hybridized carbons (Fsp3) is 0.400. The Kier molecular flexibility index (Phi) is 4.73. The predicted octanol–water partition coefficient (Wildman–Crippen LogP) is -0.561. The normalized spacial score (nSPS) is 11.4. The van der Waals surface area contributed by atoms with Crippen LogP contribution in [0.5, 0.6) is 0 Å². The van der Waals surface area contributed by atoms with Gasteiger partial charge in [-0.1, -0.05) is 0 Å². The Bertz CT molecular complexity index is 473. The van der Waals surface area contributed by atoms with Crippen LogP contribution in [0.2, 0.25) is 0 Å². The van der Waals surface area contributed by atoms with Gasteiger partial charge in [-0.25, -0.2) is 8.42 Å². The molecule has 0 aliphatic carbocycles. The van der Waals surface area contributed by atoms with Crippen molar-refractivity contribution in [3.63, 3.8) is 0 Å². The lowest BCUT2D eigenvalue weighted by Gasteiger charge is -2.10. The molecule has 0 atom stereocenters. The molecule has 5 N–H and O–H groups in total.